The fourth-order valence-corrected chi connectivity index (χ4v) is 2.30. The van der Waals surface area contributed by atoms with Crippen LogP contribution in [-0.4, -0.2) is 0 Å². The Kier molecular flexibility index (Phi) is 5.93. The normalized spacial score (nSPS) is 10.7. The number of unbranched alkanes of at least 4 members (excludes halogenated alkanes) is 4. The van der Waals surface area contributed by atoms with Crippen molar-refractivity contribution in [2.45, 2.75) is 39.0 Å². The van der Waals surface area contributed by atoms with Crippen LogP contribution in [0.1, 0.15) is 44.6 Å². The van der Waals surface area contributed by atoms with Gasteiger partial charge in [0.15, 0.2) is 0 Å². The van der Waals surface area contributed by atoms with Gasteiger partial charge in [0.05, 0.1) is 0 Å². The third-order valence-electron chi connectivity index (χ3n) is 3.43. The Labute approximate surface area is 122 Å². The van der Waals surface area contributed by atoms with Crippen molar-refractivity contribution in [1.29, 1.82) is 0 Å². The molecular weight excluding hydrogens is 240 g/mol. The zero-order valence-corrected chi connectivity index (χ0v) is 12.2. The van der Waals surface area contributed by atoms with Gasteiger partial charge in [-0.2, -0.15) is 0 Å². The largest absolute Gasteiger partial charge is 0.0985 e. The van der Waals surface area contributed by atoms with Crippen molar-refractivity contribution in [3.8, 4) is 11.8 Å². The van der Waals surface area contributed by atoms with Crippen LogP contribution in [0.25, 0.3) is 16.8 Å². The van der Waals surface area contributed by atoms with Crippen molar-refractivity contribution in [1.82, 2.24) is 0 Å². The molecule has 0 bridgehead atoms. The Morgan fingerprint density at radius 1 is 0.950 bits per heavy atom. The summed E-state index contributed by atoms with van der Waals surface area (Å²) in [5.74, 6) is 6.37. The van der Waals surface area contributed by atoms with Crippen molar-refractivity contribution >= 4 is 16.8 Å². The van der Waals surface area contributed by atoms with E-state index in [9.17, 15) is 0 Å². The molecule has 0 saturated heterocycles. The first-order valence-corrected chi connectivity index (χ1v) is 7.54. The second-order valence-electron chi connectivity index (χ2n) is 5.03. The highest BCUT2D eigenvalue weighted by molar-refractivity contribution is 5.90. The van der Waals surface area contributed by atoms with Gasteiger partial charge in [0.1, 0.15) is 0 Å². The van der Waals surface area contributed by atoms with Crippen molar-refractivity contribution in [3.05, 3.63) is 54.1 Å². The van der Waals surface area contributed by atoms with Crippen LogP contribution in [0.3, 0.4) is 0 Å². The summed E-state index contributed by atoms with van der Waals surface area (Å²) >= 11 is 0. The third-order valence-corrected chi connectivity index (χ3v) is 3.43. The third kappa shape index (κ3) is 4.28. The Bertz CT molecular complexity index is 618. The molecule has 0 spiro atoms. The van der Waals surface area contributed by atoms with Gasteiger partial charge in [-0.15, -0.1) is 0 Å². The Balaban J connectivity index is 1.95. The molecule has 0 aromatic heterocycles. The number of allylic oxidation sites excluding steroid dienone is 1. The molecule has 0 nitrogen and oxygen atoms in total. The average molecular weight is 262 g/mol. The van der Waals surface area contributed by atoms with Crippen LogP contribution in [0.5, 0.6) is 0 Å². The van der Waals surface area contributed by atoms with Gasteiger partial charge in [-0.1, -0.05) is 80.5 Å². The zero-order chi connectivity index (χ0) is 14.0. The van der Waals surface area contributed by atoms with Crippen molar-refractivity contribution < 1.29 is 0 Å². The van der Waals surface area contributed by atoms with E-state index in [-0.39, 0.29) is 0 Å². The number of hydrogen-bond donors (Lipinski definition) is 0. The number of fused-ring (bicyclic) bond motifs is 1. The lowest BCUT2D eigenvalue weighted by atomic mass is 10.0. The molecule has 0 N–H and O–H groups in total. The summed E-state index contributed by atoms with van der Waals surface area (Å²) < 4.78 is 0. The number of benzene rings is 2. The van der Waals surface area contributed by atoms with E-state index in [4.69, 9.17) is 0 Å². The number of hydrogen-bond acceptors (Lipinski definition) is 0. The predicted octanol–water partition coefficient (Wildman–Crippen LogP) is 5.83. The van der Waals surface area contributed by atoms with E-state index >= 15 is 0 Å². The van der Waals surface area contributed by atoms with Crippen LogP contribution in [0.4, 0.5) is 0 Å². The lowest BCUT2D eigenvalue weighted by molar-refractivity contribution is 0.680. The Morgan fingerprint density at radius 2 is 1.80 bits per heavy atom. The summed E-state index contributed by atoms with van der Waals surface area (Å²) in [6.45, 7) is 2.23. The standard InChI is InChI=1S/C20H22/c1-2-3-4-5-6-7-8-9-13-18-15-12-16-19-14-10-11-17-20(18)19/h9-17H,2-6H2,1H3/b13-9+. The van der Waals surface area contributed by atoms with Crippen LogP contribution in [0.15, 0.2) is 48.5 Å². The molecule has 0 amide bonds. The minimum atomic E-state index is 1.01. The maximum Gasteiger partial charge on any atom is 0.00922 e. The first-order valence-electron chi connectivity index (χ1n) is 7.54. The van der Waals surface area contributed by atoms with Crippen LogP contribution in [0, 0.1) is 11.8 Å². The molecule has 0 heteroatoms. The van der Waals surface area contributed by atoms with E-state index in [2.05, 4.69) is 67.3 Å². The molecule has 0 heterocycles. The molecule has 2 aromatic carbocycles. The van der Waals surface area contributed by atoms with E-state index in [1.807, 2.05) is 6.08 Å². The molecule has 0 saturated carbocycles. The van der Waals surface area contributed by atoms with Gasteiger partial charge < -0.3 is 0 Å². The van der Waals surface area contributed by atoms with Gasteiger partial charge >= 0.3 is 0 Å². The van der Waals surface area contributed by atoms with Crippen LogP contribution in [-0.2, 0) is 0 Å². The zero-order valence-electron chi connectivity index (χ0n) is 12.2. The summed E-state index contributed by atoms with van der Waals surface area (Å²) in [5.41, 5.74) is 1.24. The SMILES string of the molecule is CCCCCCC#C/C=C/c1cccc2ccccc12. The molecule has 20 heavy (non-hydrogen) atoms. The monoisotopic (exact) mass is 262 g/mol. The second-order valence-corrected chi connectivity index (χ2v) is 5.03. The predicted molar refractivity (Wildman–Crippen MR) is 89.5 cm³/mol. The van der Waals surface area contributed by atoms with Gasteiger partial charge in [-0.3, -0.25) is 0 Å². The van der Waals surface area contributed by atoms with Gasteiger partial charge in [-0.05, 0) is 34.9 Å². The molecule has 0 aliphatic heterocycles. The lowest BCUT2D eigenvalue weighted by Crippen LogP contribution is -1.77. The summed E-state index contributed by atoms with van der Waals surface area (Å²) in [6, 6.07) is 14.8. The molecule has 2 rings (SSSR count). The molecule has 0 aliphatic rings. The molecule has 0 aliphatic carbocycles. The highest BCUT2D eigenvalue weighted by Gasteiger charge is 1.95. The second kappa shape index (κ2) is 8.23. The molecule has 2 aromatic rings. The summed E-state index contributed by atoms with van der Waals surface area (Å²) in [7, 11) is 0. The molecule has 0 atom stereocenters. The maximum absolute atomic E-state index is 3.23. The smallest absolute Gasteiger partial charge is 0.00922 e. The highest BCUT2D eigenvalue weighted by Crippen LogP contribution is 2.19. The molecule has 0 radical (unpaired) electrons. The minimum Gasteiger partial charge on any atom is -0.0985 e. The lowest BCUT2D eigenvalue weighted by Gasteiger charge is -2.00. The molecule has 0 fully saturated rings. The van der Waals surface area contributed by atoms with Gasteiger partial charge in [0.2, 0.25) is 0 Å². The first-order chi connectivity index (χ1) is 9.92. The fraction of sp³-hybridized carbons (Fsp3) is 0.300. The van der Waals surface area contributed by atoms with Crippen molar-refractivity contribution in [3.63, 3.8) is 0 Å². The van der Waals surface area contributed by atoms with E-state index in [0.717, 1.165) is 6.42 Å². The summed E-state index contributed by atoms with van der Waals surface area (Å²) in [5, 5.41) is 2.57. The molecule has 102 valence electrons. The quantitative estimate of drug-likeness (QED) is 0.470. The van der Waals surface area contributed by atoms with Crippen LogP contribution >= 0.6 is 0 Å². The Hall–Kier alpha value is -2.00. The van der Waals surface area contributed by atoms with Gasteiger partial charge in [-0.25, -0.2) is 0 Å². The first kappa shape index (κ1) is 14.4. The summed E-state index contributed by atoms with van der Waals surface area (Å²) in [4.78, 5) is 0. The molecule has 0 unspecified atom stereocenters. The maximum atomic E-state index is 3.23. The van der Waals surface area contributed by atoms with Crippen LogP contribution in [0.2, 0.25) is 0 Å². The van der Waals surface area contributed by atoms with E-state index in [1.54, 1.807) is 0 Å². The van der Waals surface area contributed by atoms with Gasteiger partial charge in [0.25, 0.3) is 0 Å². The van der Waals surface area contributed by atoms with Gasteiger partial charge in [0, 0.05) is 6.42 Å². The topological polar surface area (TPSA) is 0 Å². The van der Waals surface area contributed by atoms with Crippen LogP contribution < -0.4 is 0 Å². The average Bonchev–Trinajstić information content (AvgIpc) is 2.50. The van der Waals surface area contributed by atoms with E-state index in [0.29, 0.717) is 0 Å². The number of rotatable bonds is 5. The fourth-order valence-electron chi connectivity index (χ4n) is 2.30. The van der Waals surface area contributed by atoms with Crippen molar-refractivity contribution in [2.75, 3.05) is 0 Å². The van der Waals surface area contributed by atoms with E-state index in [1.165, 1.54) is 42.0 Å². The molecular formula is C20H22. The highest BCUT2D eigenvalue weighted by atomic mass is 14.0. The Morgan fingerprint density at radius 3 is 2.70 bits per heavy atom. The minimum absolute atomic E-state index is 1.01. The summed E-state index contributed by atoms with van der Waals surface area (Å²) in [6.07, 6.45) is 10.2. The van der Waals surface area contributed by atoms with Crippen molar-refractivity contribution in [2.24, 2.45) is 0 Å². The van der Waals surface area contributed by atoms with E-state index < -0.39 is 0 Å².